The highest BCUT2D eigenvalue weighted by Crippen LogP contribution is 2.40. The van der Waals surface area contributed by atoms with Gasteiger partial charge in [0, 0.05) is 17.5 Å². The average Bonchev–Trinajstić information content (AvgIpc) is 2.79. The van der Waals surface area contributed by atoms with Crippen LogP contribution in [-0.4, -0.2) is 26.2 Å². The quantitative estimate of drug-likeness (QED) is 0.472. The molecule has 3 aromatic carbocycles. The Labute approximate surface area is 214 Å². The maximum absolute atomic E-state index is 13.2. The molecule has 0 fully saturated rings. The van der Waals surface area contributed by atoms with Gasteiger partial charge in [0.25, 0.3) is 5.91 Å². The normalized spacial score (nSPS) is 16.6. The van der Waals surface area contributed by atoms with Crippen LogP contribution in [0.3, 0.4) is 0 Å². The zero-order valence-corrected chi connectivity index (χ0v) is 22.6. The second kappa shape index (κ2) is 9.62. The Balaban J connectivity index is 1.54. The van der Waals surface area contributed by atoms with Gasteiger partial charge in [-0.1, -0.05) is 42.0 Å². The summed E-state index contributed by atoms with van der Waals surface area (Å²) < 4.78 is 32.8. The van der Waals surface area contributed by atoms with Crippen LogP contribution in [0.2, 0.25) is 0 Å². The molecule has 0 spiro atoms. The minimum atomic E-state index is -3.50. The number of hydrogen-bond acceptors (Lipinski definition) is 4. The molecule has 4 rings (SSSR count). The molecule has 1 amide bonds. The number of sulfonamides is 1. The van der Waals surface area contributed by atoms with Gasteiger partial charge in [0.05, 0.1) is 24.5 Å². The number of aryl methyl sites for hydroxylation is 3. The average molecular weight is 507 g/mol. The number of carbonyl (C=O) groups is 1. The van der Waals surface area contributed by atoms with E-state index in [4.69, 9.17) is 4.74 Å². The lowest BCUT2D eigenvalue weighted by Crippen LogP contribution is -2.41. The van der Waals surface area contributed by atoms with Crippen LogP contribution in [0, 0.1) is 20.8 Å². The molecule has 1 atom stereocenters. The first-order valence-electron chi connectivity index (χ1n) is 12.1. The molecule has 1 aliphatic rings. The summed E-state index contributed by atoms with van der Waals surface area (Å²) in [6, 6.07) is 18.7. The standard InChI is InChI=1S/C29H34N2O4S/c1-19-8-14-27-24(15-19)25(17-29(4,5)35-27)30-28(32)23-12-10-22(11-13-23)18-31(36(6,33)34)26-16-20(2)7-9-21(26)3/h7-16,25H,17-18H2,1-6H3,(H,30,32)/t25-/m0/s1. The third kappa shape index (κ3) is 5.73. The minimum absolute atomic E-state index is 0.166. The van der Waals surface area contributed by atoms with Gasteiger partial charge in [-0.3, -0.25) is 9.10 Å². The number of nitrogens with one attached hydrogen (secondary N) is 1. The maximum Gasteiger partial charge on any atom is 0.251 e. The van der Waals surface area contributed by atoms with E-state index in [0.717, 1.165) is 33.6 Å². The molecule has 7 heteroatoms. The van der Waals surface area contributed by atoms with Crippen LogP contribution in [0.1, 0.15) is 64.5 Å². The number of benzene rings is 3. The van der Waals surface area contributed by atoms with Crippen LogP contribution in [0.4, 0.5) is 5.69 Å². The van der Waals surface area contributed by atoms with Crippen molar-refractivity contribution in [3.05, 3.63) is 94.0 Å². The highest BCUT2D eigenvalue weighted by molar-refractivity contribution is 7.92. The van der Waals surface area contributed by atoms with E-state index in [9.17, 15) is 13.2 Å². The first kappa shape index (κ1) is 25.8. The highest BCUT2D eigenvalue weighted by Gasteiger charge is 2.34. The van der Waals surface area contributed by atoms with E-state index < -0.39 is 15.6 Å². The summed E-state index contributed by atoms with van der Waals surface area (Å²) in [6.45, 7) is 10.1. The fourth-order valence-corrected chi connectivity index (χ4v) is 5.58. The van der Waals surface area contributed by atoms with Crippen molar-refractivity contribution >= 4 is 21.6 Å². The lowest BCUT2D eigenvalue weighted by atomic mass is 9.88. The molecule has 1 heterocycles. The van der Waals surface area contributed by atoms with Gasteiger partial charge >= 0.3 is 0 Å². The van der Waals surface area contributed by atoms with E-state index in [0.29, 0.717) is 17.7 Å². The molecule has 6 nitrogen and oxygen atoms in total. The number of amides is 1. The molecule has 1 N–H and O–H groups in total. The SMILES string of the molecule is Cc1ccc2c(c1)[C@@H](NC(=O)c1ccc(CN(c3cc(C)ccc3C)S(C)(=O)=O)cc1)CC(C)(C)O2. The molecule has 0 aliphatic carbocycles. The molecule has 0 bridgehead atoms. The van der Waals surface area contributed by atoms with Crippen LogP contribution in [0.15, 0.2) is 60.7 Å². The molecule has 0 unspecified atom stereocenters. The first-order chi connectivity index (χ1) is 16.8. The lowest BCUT2D eigenvalue weighted by molar-refractivity contribution is 0.0619. The number of fused-ring (bicyclic) bond motifs is 1. The Morgan fingerprint density at radius 3 is 2.31 bits per heavy atom. The molecule has 3 aromatic rings. The third-order valence-electron chi connectivity index (χ3n) is 6.50. The smallest absolute Gasteiger partial charge is 0.251 e. The van der Waals surface area contributed by atoms with Gasteiger partial charge in [0.2, 0.25) is 10.0 Å². The van der Waals surface area contributed by atoms with Gasteiger partial charge in [0.15, 0.2) is 0 Å². The zero-order chi connectivity index (χ0) is 26.3. The summed E-state index contributed by atoms with van der Waals surface area (Å²) in [6.07, 6.45) is 1.87. The van der Waals surface area contributed by atoms with E-state index in [1.54, 1.807) is 12.1 Å². The molecule has 0 saturated carbocycles. The zero-order valence-electron chi connectivity index (χ0n) is 21.8. The van der Waals surface area contributed by atoms with E-state index in [1.165, 1.54) is 10.6 Å². The molecule has 0 radical (unpaired) electrons. The molecular weight excluding hydrogens is 472 g/mol. The molecular formula is C29H34N2O4S. The van der Waals surface area contributed by atoms with E-state index in [1.807, 2.05) is 77.1 Å². The summed E-state index contributed by atoms with van der Waals surface area (Å²) >= 11 is 0. The summed E-state index contributed by atoms with van der Waals surface area (Å²) in [4.78, 5) is 13.2. The Morgan fingerprint density at radius 1 is 1.00 bits per heavy atom. The second-order valence-corrected chi connectivity index (χ2v) is 12.3. The Bertz CT molecular complexity index is 1400. The monoisotopic (exact) mass is 506 g/mol. The largest absolute Gasteiger partial charge is 0.487 e. The third-order valence-corrected chi connectivity index (χ3v) is 7.63. The van der Waals surface area contributed by atoms with Crippen LogP contribution in [0.5, 0.6) is 5.75 Å². The summed E-state index contributed by atoms with van der Waals surface area (Å²) in [7, 11) is -3.50. The van der Waals surface area contributed by atoms with Gasteiger partial charge in [-0.05, 0) is 75.6 Å². The van der Waals surface area contributed by atoms with Crippen molar-refractivity contribution in [3.63, 3.8) is 0 Å². The summed E-state index contributed by atoms with van der Waals surface area (Å²) in [5.41, 5.74) is 5.56. The van der Waals surface area contributed by atoms with Gasteiger partial charge in [-0.15, -0.1) is 0 Å². The van der Waals surface area contributed by atoms with Crippen molar-refractivity contribution in [3.8, 4) is 5.75 Å². The number of hydrogen-bond donors (Lipinski definition) is 1. The Hall–Kier alpha value is -3.32. The van der Waals surface area contributed by atoms with Crippen LogP contribution in [-0.2, 0) is 16.6 Å². The van der Waals surface area contributed by atoms with Crippen LogP contribution in [0.25, 0.3) is 0 Å². The van der Waals surface area contributed by atoms with Crippen molar-refractivity contribution in [1.29, 1.82) is 0 Å². The van der Waals surface area contributed by atoms with E-state index in [2.05, 4.69) is 11.4 Å². The van der Waals surface area contributed by atoms with E-state index >= 15 is 0 Å². The van der Waals surface area contributed by atoms with Crippen molar-refractivity contribution in [1.82, 2.24) is 5.32 Å². The number of anilines is 1. The van der Waals surface area contributed by atoms with Crippen molar-refractivity contribution in [2.75, 3.05) is 10.6 Å². The predicted molar refractivity (Wildman–Crippen MR) is 144 cm³/mol. The number of ether oxygens (including phenoxy) is 1. The van der Waals surface area contributed by atoms with Gasteiger partial charge in [0.1, 0.15) is 11.4 Å². The molecule has 0 saturated heterocycles. The van der Waals surface area contributed by atoms with Crippen LogP contribution < -0.4 is 14.4 Å². The number of rotatable bonds is 6. The highest BCUT2D eigenvalue weighted by atomic mass is 32.2. The molecule has 36 heavy (non-hydrogen) atoms. The fraction of sp³-hybridized carbons (Fsp3) is 0.345. The minimum Gasteiger partial charge on any atom is -0.487 e. The van der Waals surface area contributed by atoms with Gasteiger partial charge in [-0.25, -0.2) is 8.42 Å². The summed E-state index contributed by atoms with van der Waals surface area (Å²) in [5, 5.41) is 3.17. The van der Waals surface area contributed by atoms with Crippen molar-refractivity contribution in [2.24, 2.45) is 0 Å². The van der Waals surface area contributed by atoms with Gasteiger partial charge < -0.3 is 10.1 Å². The topological polar surface area (TPSA) is 75.7 Å². The Kier molecular flexibility index (Phi) is 6.88. The summed E-state index contributed by atoms with van der Waals surface area (Å²) in [5.74, 6) is 0.621. The van der Waals surface area contributed by atoms with Crippen LogP contribution >= 0.6 is 0 Å². The molecule has 1 aliphatic heterocycles. The fourth-order valence-electron chi connectivity index (χ4n) is 4.64. The number of nitrogens with zero attached hydrogens (tertiary/aromatic N) is 1. The van der Waals surface area contributed by atoms with Crippen molar-refractivity contribution < 1.29 is 17.9 Å². The molecule has 0 aromatic heterocycles. The van der Waals surface area contributed by atoms with Gasteiger partial charge in [-0.2, -0.15) is 0 Å². The van der Waals surface area contributed by atoms with E-state index in [-0.39, 0.29) is 18.5 Å². The first-order valence-corrected chi connectivity index (χ1v) is 13.9. The molecule has 190 valence electrons. The van der Waals surface area contributed by atoms with Crippen molar-refractivity contribution in [2.45, 2.75) is 59.2 Å². The maximum atomic E-state index is 13.2. The number of carbonyl (C=O) groups excluding carboxylic acids is 1. The second-order valence-electron chi connectivity index (χ2n) is 10.4. The Morgan fingerprint density at radius 2 is 1.64 bits per heavy atom. The predicted octanol–water partition coefficient (Wildman–Crippen LogP) is 5.61. The lowest BCUT2D eigenvalue weighted by Gasteiger charge is -2.38.